The molecule has 5 nitrogen and oxygen atoms in total. The normalized spacial score (nSPS) is 12.8. The summed E-state index contributed by atoms with van der Waals surface area (Å²) < 4.78 is 40.5. The van der Waals surface area contributed by atoms with Crippen LogP contribution in [-0.2, 0) is 12.7 Å². The molecule has 3 aromatic rings. The molecular weight excluding hydrogens is 369 g/mol. The zero-order valence-corrected chi connectivity index (χ0v) is 15.5. The van der Waals surface area contributed by atoms with Crippen molar-refractivity contribution in [3.05, 3.63) is 65.5 Å². The Morgan fingerprint density at radius 3 is 2.68 bits per heavy atom. The lowest BCUT2D eigenvalue weighted by Gasteiger charge is -2.17. The maximum absolute atomic E-state index is 12.8. The lowest BCUT2D eigenvalue weighted by molar-refractivity contribution is -0.137. The molecule has 3 rings (SSSR count). The molecule has 0 bridgehead atoms. The van der Waals surface area contributed by atoms with Crippen LogP contribution in [0.1, 0.15) is 29.9 Å². The molecule has 0 aliphatic rings. The first-order valence-corrected chi connectivity index (χ1v) is 8.89. The summed E-state index contributed by atoms with van der Waals surface area (Å²) in [5, 5.41) is 5.40. The molecule has 2 amide bonds. The second kappa shape index (κ2) is 7.92. The maximum Gasteiger partial charge on any atom is 0.416 e. The molecule has 0 radical (unpaired) electrons. The Morgan fingerprint density at radius 2 is 1.93 bits per heavy atom. The first kappa shape index (κ1) is 19.7. The van der Waals surface area contributed by atoms with Gasteiger partial charge in [-0.2, -0.15) is 13.2 Å². The van der Waals surface area contributed by atoms with E-state index in [4.69, 9.17) is 0 Å². The molecule has 0 aliphatic carbocycles. The molecule has 1 aromatic heterocycles. The van der Waals surface area contributed by atoms with Crippen molar-refractivity contribution in [3.8, 4) is 0 Å². The Kier molecular flexibility index (Phi) is 5.58. The summed E-state index contributed by atoms with van der Waals surface area (Å²) in [7, 11) is 0. The van der Waals surface area contributed by atoms with Gasteiger partial charge in [0, 0.05) is 13.1 Å². The van der Waals surface area contributed by atoms with Gasteiger partial charge in [0.25, 0.3) is 0 Å². The number of alkyl halides is 3. The van der Waals surface area contributed by atoms with Crippen LogP contribution in [0.3, 0.4) is 0 Å². The lowest BCUT2D eigenvalue weighted by atomic mass is 10.1. The number of benzene rings is 2. The van der Waals surface area contributed by atoms with Crippen molar-refractivity contribution in [1.29, 1.82) is 0 Å². The van der Waals surface area contributed by atoms with Gasteiger partial charge in [-0.05, 0) is 43.7 Å². The van der Waals surface area contributed by atoms with Gasteiger partial charge >= 0.3 is 12.2 Å². The highest BCUT2D eigenvalue weighted by atomic mass is 19.4. The lowest BCUT2D eigenvalue weighted by Crippen LogP contribution is -2.38. The molecule has 2 aromatic carbocycles. The van der Waals surface area contributed by atoms with E-state index in [0.29, 0.717) is 18.7 Å². The first-order valence-electron chi connectivity index (χ1n) is 8.89. The number of fused-ring (bicyclic) bond motifs is 1. The number of carbonyl (C=O) groups is 1. The fourth-order valence-electron chi connectivity index (χ4n) is 3.07. The molecule has 0 spiro atoms. The summed E-state index contributed by atoms with van der Waals surface area (Å²) in [6.07, 6.45) is -4.41. The van der Waals surface area contributed by atoms with Crippen molar-refractivity contribution in [2.45, 2.75) is 32.6 Å². The minimum absolute atomic E-state index is 0.363. The summed E-state index contributed by atoms with van der Waals surface area (Å²) in [5.41, 5.74) is 1.53. The second-order valence-corrected chi connectivity index (χ2v) is 6.54. The summed E-state index contributed by atoms with van der Waals surface area (Å²) in [4.78, 5) is 16.6. The van der Waals surface area contributed by atoms with E-state index in [1.165, 1.54) is 6.07 Å². The van der Waals surface area contributed by atoms with E-state index in [0.717, 1.165) is 29.0 Å². The van der Waals surface area contributed by atoms with Gasteiger partial charge < -0.3 is 15.2 Å². The Bertz CT molecular complexity index is 981. The summed E-state index contributed by atoms with van der Waals surface area (Å²) >= 11 is 0. The van der Waals surface area contributed by atoms with Gasteiger partial charge in [-0.1, -0.05) is 24.3 Å². The molecule has 0 saturated heterocycles. The molecule has 1 heterocycles. The number of carbonyl (C=O) groups excluding carboxylic acids is 1. The Hall–Kier alpha value is -3.03. The number of aryl methyl sites for hydroxylation is 1. The highest BCUT2D eigenvalue weighted by Gasteiger charge is 2.30. The molecule has 0 saturated carbocycles. The highest BCUT2D eigenvalue weighted by molar-refractivity contribution is 5.76. The van der Waals surface area contributed by atoms with Crippen LogP contribution in [0.5, 0.6) is 0 Å². The average molecular weight is 390 g/mol. The number of rotatable bonds is 5. The third-order valence-electron chi connectivity index (χ3n) is 4.53. The number of para-hydroxylation sites is 2. The zero-order chi connectivity index (χ0) is 20.3. The molecule has 0 fully saturated rings. The van der Waals surface area contributed by atoms with Crippen LogP contribution in [0, 0.1) is 6.92 Å². The van der Waals surface area contributed by atoms with Crippen LogP contribution in [0.25, 0.3) is 11.0 Å². The minimum atomic E-state index is -4.41. The number of imidazole rings is 1. The molecule has 1 unspecified atom stereocenters. The van der Waals surface area contributed by atoms with Crippen LogP contribution in [0.4, 0.5) is 18.0 Å². The van der Waals surface area contributed by atoms with E-state index < -0.39 is 23.8 Å². The van der Waals surface area contributed by atoms with Crippen molar-refractivity contribution < 1.29 is 18.0 Å². The van der Waals surface area contributed by atoms with E-state index in [-0.39, 0.29) is 0 Å². The monoisotopic (exact) mass is 390 g/mol. The maximum atomic E-state index is 12.8. The fraction of sp³-hybridized carbons (Fsp3) is 0.300. The molecule has 0 aliphatic heterocycles. The van der Waals surface area contributed by atoms with E-state index in [1.54, 1.807) is 13.0 Å². The minimum Gasteiger partial charge on any atom is -0.336 e. The molecule has 2 N–H and O–H groups in total. The summed E-state index contributed by atoms with van der Waals surface area (Å²) in [6.45, 7) is 4.44. The van der Waals surface area contributed by atoms with Crippen LogP contribution < -0.4 is 10.6 Å². The third kappa shape index (κ3) is 4.44. The van der Waals surface area contributed by atoms with Crippen LogP contribution >= 0.6 is 0 Å². The van der Waals surface area contributed by atoms with Gasteiger partial charge in [0.15, 0.2) is 0 Å². The van der Waals surface area contributed by atoms with Crippen molar-refractivity contribution in [2.24, 2.45) is 0 Å². The Balaban J connectivity index is 1.56. The average Bonchev–Trinajstić information content (AvgIpc) is 2.96. The number of aromatic nitrogens is 2. The fourth-order valence-corrected chi connectivity index (χ4v) is 3.07. The van der Waals surface area contributed by atoms with Crippen molar-refractivity contribution in [2.75, 3.05) is 6.54 Å². The Labute approximate surface area is 160 Å². The van der Waals surface area contributed by atoms with Gasteiger partial charge in [-0.25, -0.2) is 9.78 Å². The molecule has 28 heavy (non-hydrogen) atoms. The Morgan fingerprint density at radius 1 is 1.18 bits per heavy atom. The number of urea groups is 1. The number of hydrogen-bond donors (Lipinski definition) is 2. The second-order valence-electron chi connectivity index (χ2n) is 6.54. The third-order valence-corrected chi connectivity index (χ3v) is 4.53. The smallest absolute Gasteiger partial charge is 0.336 e. The van der Waals surface area contributed by atoms with E-state index >= 15 is 0 Å². The predicted molar refractivity (Wildman–Crippen MR) is 101 cm³/mol. The van der Waals surface area contributed by atoms with Crippen LogP contribution in [-0.4, -0.2) is 22.1 Å². The van der Waals surface area contributed by atoms with E-state index in [1.807, 2.05) is 35.8 Å². The number of hydrogen-bond acceptors (Lipinski definition) is 2. The van der Waals surface area contributed by atoms with Crippen molar-refractivity contribution in [3.63, 3.8) is 0 Å². The standard InChI is InChI=1S/C20H21F3N4O/c1-13(15-6-5-7-16(12-15)20(21,22)23)25-19(28)24-10-11-27-14(2)26-17-8-3-4-9-18(17)27/h3-9,12-13H,10-11H2,1-2H3,(H2,24,25,28). The number of nitrogens with one attached hydrogen (secondary N) is 2. The number of amides is 2. The van der Waals surface area contributed by atoms with Crippen LogP contribution in [0.15, 0.2) is 48.5 Å². The van der Waals surface area contributed by atoms with Gasteiger partial charge in [-0.15, -0.1) is 0 Å². The molecule has 1 atom stereocenters. The van der Waals surface area contributed by atoms with Gasteiger partial charge in [0.1, 0.15) is 5.82 Å². The first-order chi connectivity index (χ1) is 13.3. The molecule has 148 valence electrons. The SMILES string of the molecule is Cc1nc2ccccc2n1CCNC(=O)NC(C)c1cccc(C(F)(F)F)c1. The predicted octanol–water partition coefficient (Wildman–Crippen LogP) is 4.42. The van der Waals surface area contributed by atoms with Crippen molar-refractivity contribution in [1.82, 2.24) is 20.2 Å². The molecule has 8 heteroatoms. The van der Waals surface area contributed by atoms with Gasteiger partial charge in [0.2, 0.25) is 0 Å². The topological polar surface area (TPSA) is 59.0 Å². The van der Waals surface area contributed by atoms with E-state index in [2.05, 4.69) is 15.6 Å². The number of nitrogens with zero attached hydrogens (tertiary/aromatic N) is 2. The van der Waals surface area contributed by atoms with Crippen LogP contribution in [0.2, 0.25) is 0 Å². The summed E-state index contributed by atoms with van der Waals surface area (Å²) in [6, 6.07) is 11.7. The highest BCUT2D eigenvalue weighted by Crippen LogP contribution is 2.30. The van der Waals surface area contributed by atoms with Gasteiger partial charge in [-0.3, -0.25) is 0 Å². The number of halogens is 3. The summed E-state index contributed by atoms with van der Waals surface area (Å²) in [5.74, 6) is 0.848. The largest absolute Gasteiger partial charge is 0.416 e. The van der Waals surface area contributed by atoms with E-state index in [9.17, 15) is 18.0 Å². The zero-order valence-electron chi connectivity index (χ0n) is 15.5. The van der Waals surface area contributed by atoms with Gasteiger partial charge in [0.05, 0.1) is 22.6 Å². The quantitative estimate of drug-likeness (QED) is 0.677. The molecular formula is C20H21F3N4O. The van der Waals surface area contributed by atoms with Crippen molar-refractivity contribution >= 4 is 17.1 Å².